The number of esters is 1. The van der Waals surface area contributed by atoms with Gasteiger partial charge in [0.05, 0.1) is 6.42 Å². The van der Waals surface area contributed by atoms with Gasteiger partial charge >= 0.3 is 5.97 Å². The lowest BCUT2D eigenvalue weighted by atomic mass is 9.93. The van der Waals surface area contributed by atoms with E-state index >= 15 is 0 Å². The standard InChI is InChI=1S/C31H48FN3O5/c1-6-8-9-10-11-12-15-21(4)26-19-27(36)34-25(18-23-16-13-14-17-24(23)32)30(38)33-22(5)29(37)35-28(20(3)7-2)31(39)40-26/h13-14,16-17,20-22,25-26,28H,6-12,15,18-19H2,1-5H3,(H,33,38)(H,34,36)(H,35,37)/t20-,21-,22-,25-,26-,28+/m0/s1. The van der Waals surface area contributed by atoms with Crippen LogP contribution >= 0.6 is 0 Å². The molecule has 1 aromatic carbocycles. The molecule has 1 heterocycles. The maximum atomic E-state index is 14.4. The molecule has 2 rings (SSSR count). The van der Waals surface area contributed by atoms with Crippen LogP contribution in [0.25, 0.3) is 0 Å². The van der Waals surface area contributed by atoms with E-state index in [-0.39, 0.29) is 30.2 Å². The summed E-state index contributed by atoms with van der Waals surface area (Å²) in [4.78, 5) is 52.8. The van der Waals surface area contributed by atoms with Gasteiger partial charge in [-0.05, 0) is 36.8 Å². The summed E-state index contributed by atoms with van der Waals surface area (Å²) in [5, 5.41) is 8.07. The number of carbonyl (C=O) groups is 4. The van der Waals surface area contributed by atoms with E-state index in [0.29, 0.717) is 6.42 Å². The number of unbranched alkanes of at least 4 members (excludes halogenated alkanes) is 5. The Morgan fingerprint density at radius 3 is 2.25 bits per heavy atom. The molecule has 1 aromatic rings. The molecule has 1 saturated heterocycles. The number of carbonyl (C=O) groups excluding carboxylic acids is 4. The summed E-state index contributed by atoms with van der Waals surface area (Å²) >= 11 is 0. The maximum absolute atomic E-state index is 14.4. The topological polar surface area (TPSA) is 114 Å². The van der Waals surface area contributed by atoms with Crippen LogP contribution in [-0.4, -0.2) is 47.9 Å². The second-order valence-corrected chi connectivity index (χ2v) is 11.2. The van der Waals surface area contributed by atoms with E-state index in [1.807, 2.05) is 20.8 Å². The van der Waals surface area contributed by atoms with Crippen molar-refractivity contribution in [1.82, 2.24) is 16.0 Å². The van der Waals surface area contributed by atoms with Gasteiger partial charge in [-0.1, -0.05) is 90.8 Å². The lowest BCUT2D eigenvalue weighted by Crippen LogP contribution is -2.55. The third kappa shape index (κ3) is 10.5. The maximum Gasteiger partial charge on any atom is 0.329 e. The predicted molar refractivity (Wildman–Crippen MR) is 153 cm³/mol. The normalized spacial score (nSPS) is 24.4. The molecule has 0 radical (unpaired) electrons. The highest BCUT2D eigenvalue weighted by molar-refractivity contribution is 5.94. The van der Waals surface area contributed by atoms with Gasteiger partial charge in [0.1, 0.15) is 30.0 Å². The summed E-state index contributed by atoms with van der Waals surface area (Å²) in [6.07, 6.45) is 7.13. The van der Waals surface area contributed by atoms with E-state index < -0.39 is 53.7 Å². The van der Waals surface area contributed by atoms with Crippen molar-refractivity contribution >= 4 is 23.7 Å². The minimum atomic E-state index is -1.11. The lowest BCUT2D eigenvalue weighted by Gasteiger charge is -2.29. The Balaban J connectivity index is 2.30. The number of cyclic esters (lactones) is 1. The molecule has 1 aliphatic heterocycles. The van der Waals surface area contributed by atoms with Crippen molar-refractivity contribution in [2.24, 2.45) is 11.8 Å². The van der Waals surface area contributed by atoms with Crippen molar-refractivity contribution in [3.8, 4) is 0 Å². The number of benzene rings is 1. The van der Waals surface area contributed by atoms with Crippen LogP contribution in [0.3, 0.4) is 0 Å². The number of halogens is 1. The van der Waals surface area contributed by atoms with Gasteiger partial charge in [0.2, 0.25) is 17.7 Å². The van der Waals surface area contributed by atoms with Crippen LogP contribution < -0.4 is 16.0 Å². The highest BCUT2D eigenvalue weighted by atomic mass is 19.1. The van der Waals surface area contributed by atoms with E-state index in [4.69, 9.17) is 4.74 Å². The molecule has 224 valence electrons. The van der Waals surface area contributed by atoms with Gasteiger partial charge in [-0.3, -0.25) is 14.4 Å². The molecule has 0 bridgehead atoms. The Morgan fingerprint density at radius 2 is 1.57 bits per heavy atom. The number of rotatable bonds is 12. The first-order chi connectivity index (χ1) is 19.1. The van der Waals surface area contributed by atoms with E-state index in [1.54, 1.807) is 18.2 Å². The van der Waals surface area contributed by atoms with Crippen LogP contribution in [0, 0.1) is 17.7 Å². The summed E-state index contributed by atoms with van der Waals surface area (Å²) in [5.41, 5.74) is 0.264. The first kappa shape index (κ1) is 33.2. The number of nitrogens with one attached hydrogen (secondary N) is 3. The van der Waals surface area contributed by atoms with Gasteiger partial charge in [-0.2, -0.15) is 0 Å². The second kappa shape index (κ2) is 17.0. The van der Waals surface area contributed by atoms with Crippen molar-refractivity contribution in [2.45, 2.75) is 123 Å². The third-order valence-corrected chi connectivity index (χ3v) is 7.85. The molecular weight excluding hydrogens is 513 g/mol. The zero-order valence-electron chi connectivity index (χ0n) is 24.8. The van der Waals surface area contributed by atoms with Gasteiger partial charge in [0.15, 0.2) is 0 Å². The van der Waals surface area contributed by atoms with E-state index in [0.717, 1.165) is 25.7 Å². The molecule has 1 aliphatic rings. The number of amides is 3. The molecule has 0 saturated carbocycles. The zero-order valence-corrected chi connectivity index (χ0v) is 24.8. The zero-order chi connectivity index (χ0) is 29.7. The summed E-state index contributed by atoms with van der Waals surface area (Å²) in [7, 11) is 0. The van der Waals surface area contributed by atoms with Crippen LogP contribution in [-0.2, 0) is 30.3 Å². The van der Waals surface area contributed by atoms with E-state index in [1.165, 1.54) is 32.3 Å². The molecule has 40 heavy (non-hydrogen) atoms. The van der Waals surface area contributed by atoms with Gasteiger partial charge in [-0.15, -0.1) is 0 Å². The number of hydrogen-bond acceptors (Lipinski definition) is 5. The average molecular weight is 562 g/mol. The van der Waals surface area contributed by atoms with Crippen LogP contribution in [0.4, 0.5) is 4.39 Å². The molecule has 6 atom stereocenters. The molecule has 8 nitrogen and oxygen atoms in total. The Labute approximate surface area is 238 Å². The quantitative estimate of drug-likeness (QED) is 0.255. The fraction of sp³-hybridized carbons (Fsp3) is 0.677. The summed E-state index contributed by atoms with van der Waals surface area (Å²) < 4.78 is 20.4. The second-order valence-electron chi connectivity index (χ2n) is 11.2. The first-order valence-corrected chi connectivity index (χ1v) is 14.9. The fourth-order valence-electron chi connectivity index (χ4n) is 4.87. The van der Waals surface area contributed by atoms with Gasteiger partial charge in [-0.25, -0.2) is 9.18 Å². The van der Waals surface area contributed by atoms with Gasteiger partial charge < -0.3 is 20.7 Å². The first-order valence-electron chi connectivity index (χ1n) is 14.9. The van der Waals surface area contributed by atoms with Gasteiger partial charge in [0, 0.05) is 6.42 Å². The SMILES string of the molecule is CCCCCCCC[C@H](C)[C@@H]1CC(=O)N[C@@H](Cc2ccccc2F)C(=O)N[C@@H](C)C(=O)N[C@H]([C@@H](C)CC)C(=O)O1. The highest BCUT2D eigenvalue weighted by Gasteiger charge is 2.35. The molecule has 3 amide bonds. The molecule has 3 N–H and O–H groups in total. The molecule has 9 heteroatoms. The minimum absolute atomic E-state index is 0.0914. The Bertz CT molecular complexity index is 987. The fourth-order valence-corrected chi connectivity index (χ4v) is 4.87. The van der Waals surface area contributed by atoms with Crippen LogP contribution in [0.1, 0.15) is 98.0 Å². The van der Waals surface area contributed by atoms with Crippen molar-refractivity contribution in [3.05, 3.63) is 35.6 Å². The monoisotopic (exact) mass is 561 g/mol. The van der Waals surface area contributed by atoms with Gasteiger partial charge in [0.25, 0.3) is 0 Å². The Kier molecular flexibility index (Phi) is 14.1. The van der Waals surface area contributed by atoms with Crippen LogP contribution in [0.2, 0.25) is 0 Å². The van der Waals surface area contributed by atoms with Crippen molar-refractivity contribution in [2.75, 3.05) is 0 Å². The van der Waals surface area contributed by atoms with Crippen molar-refractivity contribution in [3.63, 3.8) is 0 Å². The Hall–Kier alpha value is -2.97. The molecule has 0 aromatic heterocycles. The largest absolute Gasteiger partial charge is 0.460 e. The summed E-state index contributed by atoms with van der Waals surface area (Å²) in [6, 6.07) is 3.02. The molecule has 0 spiro atoms. The van der Waals surface area contributed by atoms with Crippen molar-refractivity contribution in [1.29, 1.82) is 0 Å². The average Bonchev–Trinajstić information content (AvgIpc) is 2.92. The molecule has 1 fully saturated rings. The Morgan fingerprint density at radius 1 is 0.900 bits per heavy atom. The smallest absolute Gasteiger partial charge is 0.329 e. The molecule has 0 aliphatic carbocycles. The lowest BCUT2D eigenvalue weighted by molar-refractivity contribution is -0.158. The summed E-state index contributed by atoms with van der Waals surface area (Å²) in [6.45, 7) is 9.39. The predicted octanol–water partition coefficient (Wildman–Crippen LogP) is 4.59. The van der Waals surface area contributed by atoms with E-state index in [2.05, 4.69) is 22.9 Å². The minimum Gasteiger partial charge on any atom is -0.460 e. The number of ether oxygens (including phenoxy) is 1. The highest BCUT2D eigenvalue weighted by Crippen LogP contribution is 2.22. The molecular formula is C31H48FN3O5. The summed E-state index contributed by atoms with van der Waals surface area (Å²) in [5.74, 6) is -3.04. The van der Waals surface area contributed by atoms with Crippen LogP contribution in [0.15, 0.2) is 24.3 Å². The van der Waals surface area contributed by atoms with E-state index in [9.17, 15) is 23.6 Å². The van der Waals surface area contributed by atoms with Crippen LogP contribution in [0.5, 0.6) is 0 Å². The molecule has 0 unspecified atom stereocenters. The van der Waals surface area contributed by atoms with Crippen molar-refractivity contribution < 1.29 is 28.3 Å². The third-order valence-electron chi connectivity index (χ3n) is 7.85. The number of hydrogen-bond donors (Lipinski definition) is 3.